The second-order valence-electron chi connectivity index (χ2n) is 32.5. The topological polar surface area (TPSA) is 22.9 Å². The van der Waals surface area contributed by atoms with Crippen molar-refractivity contribution in [3.8, 4) is 22.3 Å². The third kappa shape index (κ3) is 9.55. The molecule has 10 aromatic carbocycles. The molecule has 93 heavy (non-hydrogen) atoms. The number of para-hydroxylation sites is 1. The number of hydrogen-bond acceptors (Lipinski definition) is 6. The molecule has 0 unspecified atom stereocenters. The summed E-state index contributed by atoms with van der Waals surface area (Å²) in [4.78, 5) is 7.91. The lowest BCUT2D eigenvalue weighted by atomic mass is 9.46. The first kappa shape index (κ1) is 59.6. The van der Waals surface area contributed by atoms with Crippen LogP contribution in [0.2, 0.25) is 0 Å². The molecule has 0 amide bonds. The van der Waals surface area contributed by atoms with Gasteiger partial charge in [0.05, 0.1) is 11.4 Å². The summed E-state index contributed by atoms with van der Waals surface area (Å²) in [6, 6.07) is 75.4. The van der Waals surface area contributed by atoms with E-state index in [-0.39, 0.29) is 39.3 Å². The Morgan fingerprint density at radius 2 is 0.978 bits per heavy atom. The molecule has 0 saturated heterocycles. The zero-order chi connectivity index (χ0) is 64.8. The van der Waals surface area contributed by atoms with Crippen molar-refractivity contribution in [1.29, 1.82) is 0 Å². The Labute approximate surface area is 558 Å². The average molecular weight is 1250 g/mol. The van der Waals surface area contributed by atoms with Crippen LogP contribution < -0.4 is 24.9 Å². The predicted molar refractivity (Wildman–Crippen MR) is 406 cm³/mol. The molecule has 0 spiro atoms. The van der Waals surface area contributed by atoms with Crippen molar-refractivity contribution in [2.45, 2.75) is 156 Å². The van der Waals surface area contributed by atoms with Gasteiger partial charge in [-0.15, -0.1) is 22.7 Å². The van der Waals surface area contributed by atoms with Gasteiger partial charge in [0.2, 0.25) is 0 Å². The van der Waals surface area contributed by atoms with Crippen LogP contribution in [0, 0.1) is 0 Å². The fourth-order valence-corrected chi connectivity index (χ4v) is 17.9. The molecule has 2 aliphatic heterocycles. The molecule has 0 N–H and O–H groups in total. The Kier molecular flexibility index (Phi) is 13.2. The lowest BCUT2D eigenvalue weighted by Crippen LogP contribution is -2.60. The van der Waals surface area contributed by atoms with Crippen molar-refractivity contribution < 1.29 is 4.42 Å². The van der Waals surface area contributed by atoms with Crippen LogP contribution in [0.1, 0.15) is 157 Å². The Hall–Kier alpha value is -8.36. The highest BCUT2D eigenvalue weighted by Crippen LogP contribution is 2.58. The minimum absolute atomic E-state index is 0.00144. The monoisotopic (exact) mass is 1250 g/mol. The molecule has 3 aromatic heterocycles. The van der Waals surface area contributed by atoms with Crippen molar-refractivity contribution in [2.75, 3.05) is 14.6 Å². The number of fused-ring (bicyclic) bond motifs is 14. The van der Waals surface area contributed by atoms with Crippen molar-refractivity contribution in [3.05, 3.63) is 228 Å². The molecule has 1 aliphatic carbocycles. The lowest BCUT2D eigenvalue weighted by molar-refractivity contribution is 0.332. The molecule has 13 aromatic rings. The predicted octanol–water partition coefficient (Wildman–Crippen LogP) is 24.6. The van der Waals surface area contributed by atoms with E-state index in [0.29, 0.717) is 0 Å². The smallest absolute Gasteiger partial charge is 0.343 e. The van der Waals surface area contributed by atoms with Crippen LogP contribution in [0.5, 0.6) is 0 Å². The highest BCUT2D eigenvalue weighted by molar-refractivity contribution is 7.32. The molecule has 16 rings (SSSR count). The Morgan fingerprint density at radius 1 is 0.430 bits per heavy atom. The van der Waals surface area contributed by atoms with Crippen LogP contribution in [-0.4, -0.2) is 6.85 Å². The third-order valence-electron chi connectivity index (χ3n) is 21.1. The molecule has 0 fully saturated rings. The molecule has 5 heterocycles. The zero-order valence-corrected chi connectivity index (χ0v) is 58.7. The molecule has 3 aliphatic rings. The molecule has 464 valence electrons. The first-order valence-electron chi connectivity index (χ1n) is 33.6. The largest absolute Gasteiger partial charge is 0.455 e. The second-order valence-corrected chi connectivity index (χ2v) is 34.6. The van der Waals surface area contributed by atoms with Crippen LogP contribution in [0.25, 0.3) is 74.5 Å². The summed E-state index contributed by atoms with van der Waals surface area (Å²) in [5, 5.41) is 6.03. The van der Waals surface area contributed by atoms with Crippen LogP contribution in [0.4, 0.5) is 45.5 Å². The summed E-state index contributed by atoms with van der Waals surface area (Å²) in [6.45, 7) is 37.5. The van der Waals surface area contributed by atoms with E-state index >= 15 is 0 Å². The van der Waals surface area contributed by atoms with Gasteiger partial charge in [-0.1, -0.05) is 202 Å². The summed E-state index contributed by atoms with van der Waals surface area (Å²) in [5.74, 6) is 0. The molecule has 0 bridgehead atoms. The second kappa shape index (κ2) is 20.6. The van der Waals surface area contributed by atoms with E-state index in [0.717, 1.165) is 51.8 Å². The summed E-state index contributed by atoms with van der Waals surface area (Å²) in [6.07, 6.45) is 2.29. The molecule has 0 atom stereocenters. The number of hydrogen-bond donors (Lipinski definition) is 0. The lowest BCUT2D eigenvalue weighted by Gasteiger charge is -2.45. The van der Waals surface area contributed by atoms with Gasteiger partial charge in [-0.3, -0.25) is 0 Å². The number of nitrogens with zero attached hydrogens (tertiary/aromatic N) is 3. The van der Waals surface area contributed by atoms with Gasteiger partial charge in [0.15, 0.2) is 0 Å². The maximum Gasteiger partial charge on any atom is 0.343 e. The van der Waals surface area contributed by atoms with Gasteiger partial charge >= 0.3 is 6.85 Å². The van der Waals surface area contributed by atoms with Crippen molar-refractivity contribution in [3.63, 3.8) is 0 Å². The van der Waals surface area contributed by atoms with Gasteiger partial charge in [0.1, 0.15) is 11.2 Å². The minimum Gasteiger partial charge on any atom is -0.455 e. The fraction of sp³-hybridized carbons (Fsp3) is 0.279. The summed E-state index contributed by atoms with van der Waals surface area (Å²) < 4.78 is 12.7. The van der Waals surface area contributed by atoms with E-state index in [1.807, 2.05) is 22.7 Å². The SMILES string of the molecule is CC(C)(C)c1ccc(N2B3c4sc5cc6c(cc5c4N(c4ccc(C(C)(C)C)cc4-c4ccccc4)c4cc5c(oc7ccccc75)c(c43)-c3cc4c(cc32)sc2ccc(N(c3ccc(C(C)(C)C)cc3)c3ccc(C(C)(C)C)cc3)cc24)C(C)(C)CCC6(C)C)cc1. The summed E-state index contributed by atoms with van der Waals surface area (Å²) in [7, 11) is 0. The maximum atomic E-state index is 7.47. The first-order valence-corrected chi connectivity index (χ1v) is 35.3. The molecule has 0 saturated carbocycles. The first-order chi connectivity index (χ1) is 44.1. The molecule has 0 radical (unpaired) electrons. The number of furan rings is 1. The van der Waals surface area contributed by atoms with E-state index in [9.17, 15) is 0 Å². The molecular weight excluding hydrogens is 1170 g/mol. The van der Waals surface area contributed by atoms with E-state index in [1.54, 1.807) is 0 Å². The standard InChI is InChI=1S/C86H84BN3OS2/c1-81(2,3)52-26-33-56(34-27-52)88(57-35-28-53(29-36-57)82(4,5)6)59-39-41-73-62(45-59)63-46-65-70(50-75(63)92-73)90(58-37-30-54(31-38-58)83(7,8)9)87-77-71(48-64-60-24-20-21-25-72(60)91-79(64)76(65)77)89(69-40-32-55(84(10,11)12)44-61(69)51-22-18-17-19-23-51)78-66-47-67-68(49-74(66)93-80(78)87)86(15,16)43-42-85(67,13)14/h17-41,44-50H,42-43H2,1-16H3. The molecular formula is C86H84BN3OS2. The number of thiophene rings is 2. The van der Waals surface area contributed by atoms with Gasteiger partial charge < -0.3 is 19.0 Å². The number of anilines is 8. The van der Waals surface area contributed by atoms with Gasteiger partial charge in [0.25, 0.3) is 0 Å². The van der Waals surface area contributed by atoms with Crippen LogP contribution in [0.3, 0.4) is 0 Å². The Balaban J connectivity index is 1.03. The van der Waals surface area contributed by atoms with Crippen LogP contribution in [0.15, 0.2) is 199 Å². The number of rotatable bonds is 6. The van der Waals surface area contributed by atoms with E-state index in [1.165, 1.54) is 125 Å². The van der Waals surface area contributed by atoms with Crippen molar-refractivity contribution in [2.24, 2.45) is 0 Å². The van der Waals surface area contributed by atoms with Crippen LogP contribution >= 0.6 is 22.7 Å². The molecule has 4 nitrogen and oxygen atoms in total. The van der Waals surface area contributed by atoms with Crippen molar-refractivity contribution >= 4 is 137 Å². The third-order valence-corrected chi connectivity index (χ3v) is 23.5. The Bertz CT molecular complexity index is 5130. The van der Waals surface area contributed by atoms with Gasteiger partial charge in [-0.05, 0) is 193 Å². The van der Waals surface area contributed by atoms with E-state index in [2.05, 4.69) is 320 Å². The summed E-state index contributed by atoms with van der Waals surface area (Å²) in [5.41, 5.74) is 25.4. The highest BCUT2D eigenvalue weighted by Gasteiger charge is 2.50. The van der Waals surface area contributed by atoms with E-state index < -0.39 is 0 Å². The van der Waals surface area contributed by atoms with Gasteiger partial charge in [-0.2, -0.15) is 0 Å². The van der Waals surface area contributed by atoms with E-state index in [4.69, 9.17) is 4.42 Å². The van der Waals surface area contributed by atoms with Crippen molar-refractivity contribution in [1.82, 2.24) is 0 Å². The normalized spacial score (nSPS) is 15.3. The maximum absolute atomic E-state index is 7.47. The number of benzene rings is 10. The summed E-state index contributed by atoms with van der Waals surface area (Å²) >= 11 is 3.91. The molecule has 7 heteroatoms. The van der Waals surface area contributed by atoms with Crippen LogP contribution in [-0.2, 0) is 32.5 Å². The minimum atomic E-state index is -0.224. The fourth-order valence-electron chi connectivity index (χ4n) is 15.5. The highest BCUT2D eigenvalue weighted by atomic mass is 32.1. The van der Waals surface area contributed by atoms with Gasteiger partial charge in [-0.25, -0.2) is 0 Å². The average Bonchev–Trinajstić information content (AvgIpc) is 1.63. The zero-order valence-electron chi connectivity index (χ0n) is 57.0. The van der Waals surface area contributed by atoms with Gasteiger partial charge in [0, 0.05) is 96.6 Å². The Morgan fingerprint density at radius 3 is 1.60 bits per heavy atom. The quantitative estimate of drug-likeness (QED) is 0.155.